The number of carbonyl (C=O) groups excluding carboxylic acids is 1. The highest BCUT2D eigenvalue weighted by molar-refractivity contribution is 7.91. The van der Waals surface area contributed by atoms with Gasteiger partial charge in [-0.2, -0.15) is 0 Å². The van der Waals surface area contributed by atoms with Crippen molar-refractivity contribution in [1.29, 1.82) is 0 Å². The third-order valence-corrected chi connectivity index (χ3v) is 12.3. The second kappa shape index (κ2) is 11.6. The smallest absolute Gasteiger partial charge is 0.245 e. The molecule has 222 valence electrons. The summed E-state index contributed by atoms with van der Waals surface area (Å²) in [7, 11) is -1.37. The summed E-state index contributed by atoms with van der Waals surface area (Å²) in [5, 5.41) is 3.44. The first-order valence-corrected chi connectivity index (χ1v) is 17.1. The lowest BCUT2D eigenvalue weighted by Gasteiger charge is -2.44. The van der Waals surface area contributed by atoms with E-state index < -0.39 is 15.9 Å². The summed E-state index contributed by atoms with van der Waals surface area (Å²) >= 11 is 1.67. The lowest BCUT2D eigenvalue weighted by atomic mass is 9.81. The van der Waals surface area contributed by atoms with E-state index >= 15 is 0 Å². The number of thiophene rings is 1. The van der Waals surface area contributed by atoms with Crippen LogP contribution in [0.15, 0.2) is 47.6 Å². The van der Waals surface area contributed by atoms with Crippen LogP contribution in [0.2, 0.25) is 0 Å². The van der Waals surface area contributed by atoms with Crippen LogP contribution in [0.4, 0.5) is 5.82 Å². The average molecular weight is 598 g/mol. The third-order valence-electron chi connectivity index (χ3n) is 8.84. The number of benzene rings is 1. The average Bonchev–Trinajstić information content (AvgIpc) is 3.53. The molecular weight excluding hydrogens is 555 g/mol. The molecule has 2 aliphatic rings. The molecule has 3 heterocycles. The molecular formula is C31H43N5O3S2. The first kappa shape index (κ1) is 29.9. The number of hydrogen-bond donors (Lipinski definition) is 1. The van der Waals surface area contributed by atoms with Crippen LogP contribution in [-0.4, -0.2) is 77.6 Å². The highest BCUT2D eigenvalue weighted by Crippen LogP contribution is 2.38. The Bertz CT molecular complexity index is 1480. The van der Waals surface area contributed by atoms with Crippen molar-refractivity contribution < 1.29 is 13.2 Å². The van der Waals surface area contributed by atoms with E-state index in [0.717, 1.165) is 29.5 Å². The Morgan fingerprint density at radius 1 is 1.12 bits per heavy atom. The van der Waals surface area contributed by atoms with Crippen molar-refractivity contribution >= 4 is 43.1 Å². The van der Waals surface area contributed by atoms with Gasteiger partial charge in [-0.1, -0.05) is 39.0 Å². The molecule has 1 aromatic carbocycles. The van der Waals surface area contributed by atoms with Crippen LogP contribution in [0.1, 0.15) is 65.2 Å². The van der Waals surface area contributed by atoms with Gasteiger partial charge in [0.15, 0.2) is 9.84 Å². The second-order valence-electron chi connectivity index (χ2n) is 13.0. The van der Waals surface area contributed by atoms with E-state index in [1.165, 1.54) is 4.88 Å². The van der Waals surface area contributed by atoms with Gasteiger partial charge >= 0.3 is 0 Å². The van der Waals surface area contributed by atoms with Gasteiger partial charge < -0.3 is 15.1 Å². The number of nitrogens with zero attached hydrogens (tertiary/aromatic N) is 4. The molecule has 0 bridgehead atoms. The Balaban J connectivity index is 1.37. The van der Waals surface area contributed by atoms with Crippen molar-refractivity contribution in [3.8, 4) is 0 Å². The predicted molar refractivity (Wildman–Crippen MR) is 166 cm³/mol. The summed E-state index contributed by atoms with van der Waals surface area (Å²) in [4.78, 5) is 28.7. The molecule has 5 rings (SSSR count). The number of carbonyl (C=O) groups is 1. The van der Waals surface area contributed by atoms with E-state index in [1.54, 1.807) is 41.9 Å². The standard InChI is InChI=1S/C31H43N5O3S2/c1-20(2)35(6)22-12-13-26(21(16-22)18-41(38,39)23-10-8-7-9-11-23)36-15-14-24(30(36)37)34-29-28-25(32-19-33-29)17-27(40-28)31(3,4)5/h7-11,17,19-22,24,26H,12-16,18H2,1-6H3,(H,32,33,34)/t21-,22?,24-,26?/m0/s1. The Hall–Kier alpha value is -2.56. The molecule has 2 fully saturated rings. The van der Waals surface area contributed by atoms with E-state index in [2.05, 4.69) is 67.9 Å². The molecule has 1 aliphatic heterocycles. The number of amides is 1. The molecule has 4 atom stereocenters. The minimum Gasteiger partial charge on any atom is -0.357 e. The lowest BCUT2D eigenvalue weighted by molar-refractivity contribution is -0.132. The molecule has 1 aliphatic carbocycles. The number of likely N-dealkylation sites (tertiary alicyclic amines) is 1. The van der Waals surface area contributed by atoms with Crippen molar-refractivity contribution in [3.05, 3.63) is 47.6 Å². The molecule has 1 N–H and O–H groups in total. The minimum atomic E-state index is -3.49. The number of sulfone groups is 1. The lowest BCUT2D eigenvalue weighted by Crippen LogP contribution is -2.52. The summed E-state index contributed by atoms with van der Waals surface area (Å²) in [6.45, 7) is 11.5. The zero-order valence-electron chi connectivity index (χ0n) is 25.0. The van der Waals surface area contributed by atoms with Gasteiger partial charge in [0.25, 0.3) is 0 Å². The number of fused-ring (bicyclic) bond motifs is 1. The monoisotopic (exact) mass is 597 g/mol. The van der Waals surface area contributed by atoms with E-state index in [1.807, 2.05) is 11.0 Å². The van der Waals surface area contributed by atoms with Crippen LogP contribution in [0.3, 0.4) is 0 Å². The van der Waals surface area contributed by atoms with Crippen LogP contribution < -0.4 is 5.32 Å². The van der Waals surface area contributed by atoms with Crippen LogP contribution in [0.25, 0.3) is 10.2 Å². The second-order valence-corrected chi connectivity index (χ2v) is 16.0. The fourth-order valence-electron chi connectivity index (χ4n) is 6.27. The number of rotatable bonds is 8. The van der Waals surface area contributed by atoms with E-state index in [0.29, 0.717) is 35.8 Å². The normalized spacial score (nSPS) is 24.1. The van der Waals surface area contributed by atoms with Gasteiger partial charge in [0, 0.05) is 29.5 Å². The molecule has 3 aromatic rings. The molecule has 2 unspecified atom stereocenters. The molecule has 0 spiro atoms. The maximum atomic E-state index is 13.9. The van der Waals surface area contributed by atoms with Crippen molar-refractivity contribution in [3.63, 3.8) is 0 Å². The van der Waals surface area contributed by atoms with Gasteiger partial charge in [-0.3, -0.25) is 4.79 Å². The Morgan fingerprint density at radius 3 is 2.54 bits per heavy atom. The van der Waals surface area contributed by atoms with Crippen molar-refractivity contribution in [2.75, 3.05) is 24.7 Å². The molecule has 1 saturated heterocycles. The van der Waals surface area contributed by atoms with Crippen LogP contribution >= 0.6 is 11.3 Å². The SMILES string of the molecule is CC(C)N(C)C1CCC(N2CC[C@H](Nc3ncnc4cc(C(C)(C)C)sc34)C2=O)[C@H](CS(=O)(=O)c2ccccc2)C1. The fraction of sp³-hybridized carbons (Fsp3) is 0.581. The molecule has 0 radical (unpaired) electrons. The first-order valence-electron chi connectivity index (χ1n) is 14.7. The number of hydrogen-bond acceptors (Lipinski definition) is 8. The Labute approximate surface area is 248 Å². The topological polar surface area (TPSA) is 95.5 Å². The largest absolute Gasteiger partial charge is 0.357 e. The van der Waals surface area contributed by atoms with Gasteiger partial charge in [0.05, 0.1) is 20.9 Å². The van der Waals surface area contributed by atoms with Gasteiger partial charge in [0.2, 0.25) is 5.91 Å². The van der Waals surface area contributed by atoms with Crippen LogP contribution in [-0.2, 0) is 20.0 Å². The minimum absolute atomic E-state index is 0.000191. The Morgan fingerprint density at radius 2 is 1.85 bits per heavy atom. The van der Waals surface area contributed by atoms with Gasteiger partial charge in [-0.25, -0.2) is 18.4 Å². The number of nitrogens with one attached hydrogen (secondary N) is 1. The molecule has 8 nitrogen and oxygen atoms in total. The third kappa shape index (κ3) is 6.29. The Kier molecular flexibility index (Phi) is 8.47. The van der Waals surface area contributed by atoms with Crippen LogP contribution in [0, 0.1) is 5.92 Å². The van der Waals surface area contributed by atoms with Gasteiger partial charge in [-0.15, -0.1) is 11.3 Å². The maximum absolute atomic E-state index is 13.9. The summed E-state index contributed by atoms with van der Waals surface area (Å²) in [6.07, 6.45) is 4.71. The van der Waals surface area contributed by atoms with Crippen molar-refractivity contribution in [2.45, 2.75) is 94.8 Å². The van der Waals surface area contributed by atoms with E-state index in [4.69, 9.17) is 0 Å². The fourth-order valence-corrected chi connectivity index (χ4v) is 9.07. The van der Waals surface area contributed by atoms with E-state index in [-0.39, 0.29) is 29.0 Å². The summed E-state index contributed by atoms with van der Waals surface area (Å²) < 4.78 is 28.0. The predicted octanol–water partition coefficient (Wildman–Crippen LogP) is 5.35. The van der Waals surface area contributed by atoms with E-state index in [9.17, 15) is 13.2 Å². The zero-order valence-corrected chi connectivity index (χ0v) is 26.6. The molecule has 10 heteroatoms. The van der Waals surface area contributed by atoms with Gasteiger partial charge in [-0.05, 0) is 76.1 Å². The summed E-state index contributed by atoms with van der Waals surface area (Å²) in [6, 6.07) is 11.0. The molecule has 1 saturated carbocycles. The molecule has 2 aromatic heterocycles. The number of anilines is 1. The highest BCUT2D eigenvalue weighted by atomic mass is 32.2. The summed E-state index contributed by atoms with van der Waals surface area (Å²) in [5.74, 6) is 0.636. The quantitative estimate of drug-likeness (QED) is 0.374. The first-order chi connectivity index (χ1) is 19.3. The molecule has 1 amide bonds. The zero-order chi connectivity index (χ0) is 29.5. The van der Waals surface area contributed by atoms with Gasteiger partial charge in [0.1, 0.15) is 18.2 Å². The number of aromatic nitrogens is 2. The van der Waals surface area contributed by atoms with Crippen molar-refractivity contribution in [2.24, 2.45) is 5.92 Å². The van der Waals surface area contributed by atoms with Crippen LogP contribution in [0.5, 0.6) is 0 Å². The summed E-state index contributed by atoms with van der Waals surface area (Å²) in [5.41, 5.74) is 0.888. The highest BCUT2D eigenvalue weighted by Gasteiger charge is 2.44. The molecule has 41 heavy (non-hydrogen) atoms. The van der Waals surface area contributed by atoms with Crippen molar-refractivity contribution in [1.82, 2.24) is 19.8 Å². The maximum Gasteiger partial charge on any atom is 0.245 e.